The molecule has 99 valence electrons. The Kier molecular flexibility index (Phi) is 5.83. The predicted molar refractivity (Wildman–Crippen MR) is 95.9 cm³/mol. The molecule has 0 bridgehead atoms. The fourth-order valence-corrected chi connectivity index (χ4v) is 4.61. The zero-order valence-corrected chi connectivity index (χ0v) is 12.3. The van der Waals surface area contributed by atoms with Gasteiger partial charge in [-0.1, -0.05) is 84.4 Å². The third kappa shape index (κ3) is 3.87. The summed E-state index contributed by atoms with van der Waals surface area (Å²) in [6.45, 7) is 2.14. The number of hydrogen-bond donors (Lipinski definition) is 0. The topological polar surface area (TPSA) is 0 Å². The summed E-state index contributed by atoms with van der Waals surface area (Å²) in [6, 6.07) is 31.3. The maximum atomic E-state index is 3.44. The molecule has 3 rings (SSSR count). The molecule has 1 radical (unpaired) electrons. The number of benzene rings is 3. The monoisotopic (exact) mass is 283 g/mol. The Morgan fingerprint density at radius 1 is 0.762 bits per heavy atom. The zero-order valence-electron chi connectivity index (χ0n) is 11.5. The van der Waals surface area contributed by atoms with Gasteiger partial charge in [0.25, 0.3) is 0 Å². The summed E-state index contributed by atoms with van der Waals surface area (Å²) in [7, 11) is -0.518. The molecule has 0 aromatic heterocycles. The van der Waals surface area contributed by atoms with Gasteiger partial charge in [0.15, 0.2) is 0 Å². The van der Waals surface area contributed by atoms with Crippen molar-refractivity contribution in [3.63, 3.8) is 0 Å². The Morgan fingerprint density at radius 3 is 1.76 bits per heavy atom. The summed E-state index contributed by atoms with van der Waals surface area (Å²) in [5, 5.41) is 4.03. The average Bonchev–Trinajstić information content (AvgIpc) is 2.50. The van der Waals surface area contributed by atoms with Crippen molar-refractivity contribution in [1.29, 1.82) is 0 Å². The van der Waals surface area contributed by atoms with E-state index in [4.69, 9.17) is 0 Å². The second kappa shape index (κ2) is 7.63. The molecule has 0 saturated carbocycles. The zero-order chi connectivity index (χ0) is 13.8. The van der Waals surface area contributed by atoms with Crippen LogP contribution in [0.5, 0.6) is 0 Å². The van der Waals surface area contributed by atoms with Crippen molar-refractivity contribution in [2.24, 2.45) is 0 Å². The predicted octanol–water partition coefficient (Wildman–Crippen LogP) is 2.90. The van der Waals surface area contributed by atoms with Gasteiger partial charge >= 0.3 is 18.9 Å². The summed E-state index contributed by atoms with van der Waals surface area (Å²) >= 11 is 0. The van der Waals surface area contributed by atoms with E-state index >= 15 is 0 Å². The van der Waals surface area contributed by atoms with E-state index in [0.717, 1.165) is 0 Å². The molecule has 0 aliphatic carbocycles. The molecule has 0 spiro atoms. The first-order valence-electron chi connectivity index (χ1n) is 6.73. The van der Waals surface area contributed by atoms with Crippen LogP contribution in [0.25, 0.3) is 0 Å². The molecule has 0 nitrogen and oxygen atoms in total. The van der Waals surface area contributed by atoms with Gasteiger partial charge in [-0.05, 0) is 36.8 Å². The van der Waals surface area contributed by atoms with Crippen molar-refractivity contribution in [3.05, 3.63) is 90.5 Å². The number of hydrogen-bond acceptors (Lipinski definition) is 0. The molecule has 21 heavy (non-hydrogen) atoms. The van der Waals surface area contributed by atoms with Crippen molar-refractivity contribution in [2.45, 2.75) is 6.92 Å². The third-order valence-corrected chi connectivity index (χ3v) is 5.58. The molecule has 0 fully saturated rings. The van der Waals surface area contributed by atoms with Crippen molar-refractivity contribution in [1.82, 2.24) is 0 Å². The van der Waals surface area contributed by atoms with E-state index in [0.29, 0.717) is 0 Å². The molecule has 0 amide bonds. The summed E-state index contributed by atoms with van der Waals surface area (Å²) in [5.41, 5.74) is 1.29. The fourth-order valence-electron chi connectivity index (χ4n) is 2.27. The van der Waals surface area contributed by atoms with E-state index < -0.39 is 7.92 Å². The van der Waals surface area contributed by atoms with Crippen LogP contribution < -0.4 is 15.9 Å². The van der Waals surface area contributed by atoms with Crippen LogP contribution in [0.4, 0.5) is 0 Å². The summed E-state index contributed by atoms with van der Waals surface area (Å²) in [5.74, 6) is 0. The van der Waals surface area contributed by atoms with Gasteiger partial charge in [0, 0.05) is 0 Å². The Labute approximate surface area is 140 Å². The maximum absolute atomic E-state index is 3.44. The second-order valence-corrected chi connectivity index (χ2v) is 6.94. The Balaban J connectivity index is 0.00000161. The molecule has 0 saturated heterocycles. The minimum absolute atomic E-state index is 0. The minimum atomic E-state index is -0.518. The first kappa shape index (κ1) is 16.1. The third-order valence-electron chi connectivity index (χ3n) is 3.21. The van der Waals surface area contributed by atoms with E-state index in [1.165, 1.54) is 21.5 Å². The van der Waals surface area contributed by atoms with Gasteiger partial charge in [0.05, 0.1) is 0 Å². The van der Waals surface area contributed by atoms with Crippen molar-refractivity contribution >= 4 is 42.7 Å². The summed E-state index contributed by atoms with van der Waals surface area (Å²) in [6.07, 6.45) is 0. The first-order valence-corrected chi connectivity index (χ1v) is 8.07. The molecule has 0 atom stereocenters. The van der Waals surface area contributed by atoms with Gasteiger partial charge in [0.2, 0.25) is 0 Å². The fraction of sp³-hybridized carbons (Fsp3) is 0.0526. The van der Waals surface area contributed by atoms with E-state index in [-0.39, 0.29) is 18.9 Å². The quantitative estimate of drug-likeness (QED) is 0.512. The molecular weight excluding hydrogens is 266 g/mol. The molecule has 0 heterocycles. The van der Waals surface area contributed by atoms with Gasteiger partial charge in [0.1, 0.15) is 0 Å². The standard InChI is InChI=1S/C19H16P.Li.H/c1-16-9-8-14-19(15-16)20(17-10-4-2-5-11-17)18-12-6-3-7-13-18;;/h2-13,15H,1H3;;. The molecule has 0 unspecified atom stereocenters. The number of aryl methyl sites for hydroxylation is 1. The van der Waals surface area contributed by atoms with Crippen LogP contribution in [0.3, 0.4) is 0 Å². The Bertz CT molecular complexity index is 641. The Morgan fingerprint density at radius 2 is 1.29 bits per heavy atom. The molecule has 2 heteroatoms. The Hall–Kier alpha value is -1.31. The van der Waals surface area contributed by atoms with Crippen molar-refractivity contribution in [2.75, 3.05) is 0 Å². The van der Waals surface area contributed by atoms with E-state index in [1.54, 1.807) is 0 Å². The molecule has 3 aromatic carbocycles. The van der Waals surface area contributed by atoms with E-state index in [1.807, 2.05) is 6.07 Å². The molecule has 0 aliphatic rings. The average molecular weight is 283 g/mol. The number of rotatable bonds is 3. The van der Waals surface area contributed by atoms with Crippen molar-refractivity contribution in [3.8, 4) is 0 Å². The van der Waals surface area contributed by atoms with Gasteiger partial charge in [-0.3, -0.25) is 0 Å². The summed E-state index contributed by atoms with van der Waals surface area (Å²) < 4.78 is 0. The first-order chi connectivity index (χ1) is 9.84. The van der Waals surface area contributed by atoms with Crippen LogP contribution in [0, 0.1) is 13.0 Å². The van der Waals surface area contributed by atoms with E-state index in [9.17, 15) is 0 Å². The van der Waals surface area contributed by atoms with Gasteiger partial charge in [-0.25, -0.2) is 0 Å². The van der Waals surface area contributed by atoms with Gasteiger partial charge in [-0.15, -0.1) is 0 Å². The SMILES string of the molecule is Cc1cc[c]c(P(c2ccccc2)c2ccccc2)c1.[LiH]. The summed E-state index contributed by atoms with van der Waals surface area (Å²) in [4.78, 5) is 0. The van der Waals surface area contributed by atoms with Crippen LogP contribution in [0.15, 0.2) is 78.9 Å². The van der Waals surface area contributed by atoms with Crippen LogP contribution in [-0.2, 0) is 0 Å². The van der Waals surface area contributed by atoms with Crippen LogP contribution in [0.2, 0.25) is 0 Å². The van der Waals surface area contributed by atoms with Gasteiger partial charge < -0.3 is 0 Å². The molecule has 0 N–H and O–H groups in total. The second-order valence-electron chi connectivity index (χ2n) is 4.76. The van der Waals surface area contributed by atoms with Gasteiger partial charge in [-0.2, -0.15) is 0 Å². The van der Waals surface area contributed by atoms with Crippen molar-refractivity contribution < 1.29 is 0 Å². The molecule has 3 aromatic rings. The van der Waals surface area contributed by atoms with Crippen LogP contribution >= 0.6 is 7.92 Å². The van der Waals surface area contributed by atoms with Crippen LogP contribution in [0.1, 0.15) is 5.56 Å². The molecule has 0 aliphatic heterocycles. The normalized spacial score (nSPS) is 10.2. The van der Waals surface area contributed by atoms with Crippen LogP contribution in [-0.4, -0.2) is 18.9 Å². The van der Waals surface area contributed by atoms with E-state index in [2.05, 4.69) is 85.8 Å². The molecular formula is C19H17LiP.